The van der Waals surface area contributed by atoms with Gasteiger partial charge in [0.1, 0.15) is 16.2 Å². The van der Waals surface area contributed by atoms with E-state index in [1.54, 1.807) is 37.3 Å². The Labute approximate surface area is 198 Å². The van der Waals surface area contributed by atoms with E-state index in [-0.39, 0.29) is 27.5 Å². The van der Waals surface area contributed by atoms with E-state index in [2.05, 4.69) is 35.9 Å². The van der Waals surface area contributed by atoms with Crippen LogP contribution < -0.4 is 10.0 Å². The minimum absolute atomic E-state index is 0.0564. The van der Waals surface area contributed by atoms with Crippen LogP contribution in [0.4, 0.5) is 10.1 Å². The fourth-order valence-electron chi connectivity index (χ4n) is 3.29. The summed E-state index contributed by atoms with van der Waals surface area (Å²) in [5, 5.41) is 2.81. The third kappa shape index (κ3) is 5.01. The lowest BCUT2D eigenvalue weighted by Gasteiger charge is -2.17. The zero-order chi connectivity index (χ0) is 23.6. The number of sulfonamides is 1. The molecule has 2 N–H and O–H groups in total. The number of hydrogen-bond acceptors (Lipinski definition) is 5. The van der Waals surface area contributed by atoms with Crippen molar-refractivity contribution in [2.75, 3.05) is 4.72 Å². The van der Waals surface area contributed by atoms with Gasteiger partial charge in [0, 0.05) is 16.9 Å². The number of benzene rings is 3. The van der Waals surface area contributed by atoms with Gasteiger partial charge < -0.3 is 5.32 Å². The molecule has 4 aromatic rings. The molecule has 3 aromatic carbocycles. The van der Waals surface area contributed by atoms with E-state index in [1.807, 2.05) is 0 Å². The SMILES string of the molecule is C[C@@H](NC(=O)c1ccc(Br)cc1NS(=O)(=O)c1cccc2nccnc12)c1ccc(F)cc1. The van der Waals surface area contributed by atoms with Gasteiger partial charge in [-0.25, -0.2) is 12.8 Å². The molecule has 0 saturated carbocycles. The summed E-state index contributed by atoms with van der Waals surface area (Å²) >= 11 is 3.32. The number of halogens is 2. The summed E-state index contributed by atoms with van der Waals surface area (Å²) in [5.74, 6) is -0.866. The molecular formula is C23H18BrFN4O3S. The monoisotopic (exact) mass is 528 g/mol. The van der Waals surface area contributed by atoms with Crippen LogP contribution in [-0.2, 0) is 10.0 Å². The van der Waals surface area contributed by atoms with Gasteiger partial charge in [0.2, 0.25) is 0 Å². The van der Waals surface area contributed by atoms with Crippen LogP contribution in [-0.4, -0.2) is 24.3 Å². The Morgan fingerprint density at radius 2 is 1.76 bits per heavy atom. The Morgan fingerprint density at radius 1 is 1.03 bits per heavy atom. The number of nitrogens with one attached hydrogen (secondary N) is 2. The van der Waals surface area contributed by atoms with E-state index in [9.17, 15) is 17.6 Å². The van der Waals surface area contributed by atoms with Gasteiger partial charge in [-0.3, -0.25) is 19.5 Å². The van der Waals surface area contributed by atoms with E-state index in [0.29, 0.717) is 15.6 Å². The molecule has 33 heavy (non-hydrogen) atoms. The van der Waals surface area contributed by atoms with Crippen molar-refractivity contribution in [3.63, 3.8) is 0 Å². The molecule has 0 bridgehead atoms. The predicted molar refractivity (Wildman–Crippen MR) is 127 cm³/mol. The maximum Gasteiger partial charge on any atom is 0.264 e. The second kappa shape index (κ2) is 9.24. The number of carbonyl (C=O) groups excluding carboxylic acids is 1. The maximum atomic E-state index is 13.2. The number of hydrogen-bond donors (Lipinski definition) is 2. The highest BCUT2D eigenvalue weighted by Crippen LogP contribution is 2.27. The van der Waals surface area contributed by atoms with Gasteiger partial charge in [0.25, 0.3) is 15.9 Å². The van der Waals surface area contributed by atoms with Gasteiger partial charge in [-0.2, -0.15) is 0 Å². The summed E-state index contributed by atoms with van der Waals surface area (Å²) in [7, 11) is -4.09. The second-order valence-electron chi connectivity index (χ2n) is 7.22. The number of nitrogens with zero attached hydrogens (tertiary/aromatic N) is 2. The Kier molecular flexibility index (Phi) is 6.39. The van der Waals surface area contributed by atoms with E-state index >= 15 is 0 Å². The molecule has 0 aliphatic carbocycles. The first-order chi connectivity index (χ1) is 15.7. The first-order valence-corrected chi connectivity index (χ1v) is 12.1. The van der Waals surface area contributed by atoms with Crippen LogP contribution in [0.1, 0.15) is 28.9 Å². The van der Waals surface area contributed by atoms with Gasteiger partial charge >= 0.3 is 0 Å². The molecule has 0 unspecified atom stereocenters. The highest BCUT2D eigenvalue weighted by molar-refractivity contribution is 9.10. The molecule has 0 fully saturated rings. The third-order valence-corrected chi connectivity index (χ3v) is 6.83. The Morgan fingerprint density at radius 3 is 2.52 bits per heavy atom. The Bertz CT molecular complexity index is 1440. The van der Waals surface area contributed by atoms with Crippen molar-refractivity contribution < 1.29 is 17.6 Å². The largest absolute Gasteiger partial charge is 0.345 e. The number of fused-ring (bicyclic) bond motifs is 1. The summed E-state index contributed by atoms with van der Waals surface area (Å²) in [5.41, 5.74) is 1.58. The minimum Gasteiger partial charge on any atom is -0.345 e. The van der Waals surface area contributed by atoms with Crippen LogP contribution in [0.5, 0.6) is 0 Å². The zero-order valence-corrected chi connectivity index (χ0v) is 19.7. The highest BCUT2D eigenvalue weighted by atomic mass is 79.9. The number of carbonyl (C=O) groups is 1. The summed E-state index contributed by atoms with van der Waals surface area (Å²) < 4.78 is 42.7. The second-order valence-corrected chi connectivity index (χ2v) is 9.79. The topological polar surface area (TPSA) is 101 Å². The lowest BCUT2D eigenvalue weighted by Crippen LogP contribution is -2.28. The molecule has 1 heterocycles. The highest BCUT2D eigenvalue weighted by Gasteiger charge is 2.23. The average molecular weight is 529 g/mol. The number of para-hydroxylation sites is 1. The first-order valence-electron chi connectivity index (χ1n) is 9.83. The van der Waals surface area contributed by atoms with Crippen molar-refractivity contribution in [2.24, 2.45) is 0 Å². The Hall–Kier alpha value is -3.37. The van der Waals surface area contributed by atoms with Crippen molar-refractivity contribution in [1.29, 1.82) is 0 Å². The van der Waals surface area contributed by atoms with Gasteiger partial charge in [-0.05, 0) is 55.0 Å². The molecule has 7 nitrogen and oxygen atoms in total. The van der Waals surface area contributed by atoms with Crippen molar-refractivity contribution in [2.45, 2.75) is 17.9 Å². The van der Waals surface area contributed by atoms with Crippen molar-refractivity contribution in [1.82, 2.24) is 15.3 Å². The normalized spacial score (nSPS) is 12.3. The molecule has 4 rings (SSSR count). The number of aromatic nitrogens is 2. The molecule has 1 amide bonds. The molecule has 1 atom stereocenters. The summed E-state index contributed by atoms with van der Waals surface area (Å²) in [6, 6.07) is 14.7. The van der Waals surface area contributed by atoms with Gasteiger partial charge in [-0.15, -0.1) is 0 Å². The molecule has 0 spiro atoms. The van der Waals surface area contributed by atoms with Crippen LogP contribution in [0.25, 0.3) is 11.0 Å². The predicted octanol–water partition coefficient (Wildman–Crippen LogP) is 4.82. The average Bonchev–Trinajstić information content (AvgIpc) is 2.78. The summed E-state index contributed by atoms with van der Waals surface area (Å²) in [6.45, 7) is 1.75. The fraction of sp³-hybridized carbons (Fsp3) is 0.0870. The first kappa shape index (κ1) is 22.8. The van der Waals surface area contributed by atoms with Crippen LogP contribution in [0, 0.1) is 5.82 Å². The van der Waals surface area contributed by atoms with Gasteiger partial charge in [0.15, 0.2) is 0 Å². The van der Waals surface area contributed by atoms with Gasteiger partial charge in [-0.1, -0.05) is 34.1 Å². The molecule has 0 radical (unpaired) electrons. The van der Waals surface area contributed by atoms with Gasteiger partial charge in [0.05, 0.1) is 22.8 Å². The lowest BCUT2D eigenvalue weighted by atomic mass is 10.1. The molecule has 168 valence electrons. The standard InChI is InChI=1S/C23H18BrFN4O3S/c1-14(15-5-8-17(25)9-6-15)28-23(30)18-10-7-16(24)13-20(18)29-33(31,32)21-4-2-3-19-22(21)27-12-11-26-19/h2-14,29H,1H3,(H,28,30)/t14-/m1/s1. The molecule has 10 heteroatoms. The summed E-state index contributed by atoms with van der Waals surface area (Å²) in [6.07, 6.45) is 2.89. The van der Waals surface area contributed by atoms with E-state index in [0.717, 1.165) is 0 Å². The van der Waals surface area contributed by atoms with Crippen molar-refractivity contribution in [3.05, 3.63) is 94.5 Å². The molecule has 0 saturated heterocycles. The van der Waals surface area contributed by atoms with Crippen LogP contribution >= 0.6 is 15.9 Å². The molecule has 1 aromatic heterocycles. The van der Waals surface area contributed by atoms with Crippen LogP contribution in [0.3, 0.4) is 0 Å². The van der Waals surface area contributed by atoms with E-state index < -0.39 is 22.0 Å². The van der Waals surface area contributed by atoms with Crippen LogP contribution in [0.2, 0.25) is 0 Å². The number of amides is 1. The van der Waals surface area contributed by atoms with E-state index in [4.69, 9.17) is 0 Å². The summed E-state index contributed by atoms with van der Waals surface area (Å²) in [4.78, 5) is 21.2. The number of rotatable bonds is 6. The smallest absolute Gasteiger partial charge is 0.264 e. The van der Waals surface area contributed by atoms with Crippen molar-refractivity contribution >= 4 is 48.6 Å². The van der Waals surface area contributed by atoms with E-state index in [1.165, 1.54) is 42.7 Å². The molecular weight excluding hydrogens is 511 g/mol. The quantitative estimate of drug-likeness (QED) is 0.373. The zero-order valence-electron chi connectivity index (χ0n) is 17.3. The number of anilines is 1. The van der Waals surface area contributed by atoms with Crippen LogP contribution in [0.15, 0.2) is 82.4 Å². The fourth-order valence-corrected chi connectivity index (χ4v) is 4.89. The van der Waals surface area contributed by atoms with Crippen molar-refractivity contribution in [3.8, 4) is 0 Å². The lowest BCUT2D eigenvalue weighted by molar-refractivity contribution is 0.0941. The molecule has 0 aliphatic rings. The maximum absolute atomic E-state index is 13.2. The molecule has 0 aliphatic heterocycles. The third-order valence-electron chi connectivity index (χ3n) is 4.94. The Balaban J connectivity index is 1.65. The minimum atomic E-state index is -4.09.